The van der Waals surface area contributed by atoms with E-state index in [1.807, 2.05) is 0 Å². The van der Waals surface area contributed by atoms with E-state index < -0.39 is 0 Å². The second-order valence-corrected chi connectivity index (χ2v) is 6.39. The minimum Gasteiger partial charge on any atom is -0.312 e. The van der Waals surface area contributed by atoms with E-state index >= 15 is 0 Å². The van der Waals surface area contributed by atoms with Crippen molar-refractivity contribution in [2.24, 2.45) is 5.92 Å². The van der Waals surface area contributed by atoms with Crippen molar-refractivity contribution in [3.05, 3.63) is 34.9 Å². The fraction of sp³-hybridized carbons (Fsp3) is 0.647. The Bertz CT molecular complexity index is 416. The first-order valence-corrected chi connectivity index (χ1v) is 7.59. The molecule has 1 aliphatic heterocycles. The third-order valence-corrected chi connectivity index (χ3v) is 4.88. The van der Waals surface area contributed by atoms with Crippen LogP contribution in [0.15, 0.2) is 18.2 Å². The highest BCUT2D eigenvalue weighted by atomic mass is 14.9. The van der Waals surface area contributed by atoms with Crippen LogP contribution in [0.5, 0.6) is 0 Å². The fourth-order valence-electron chi connectivity index (χ4n) is 3.75. The third kappa shape index (κ3) is 2.21. The molecule has 0 radical (unpaired) electrons. The smallest absolute Gasteiger partial charge is 0.0208 e. The van der Waals surface area contributed by atoms with E-state index in [9.17, 15) is 0 Å². The average molecular weight is 243 g/mol. The van der Waals surface area contributed by atoms with Crippen LogP contribution in [0.1, 0.15) is 68.1 Å². The van der Waals surface area contributed by atoms with Crippen molar-refractivity contribution in [2.75, 3.05) is 6.54 Å². The summed E-state index contributed by atoms with van der Waals surface area (Å²) in [5.41, 5.74) is 4.69. The zero-order valence-electron chi connectivity index (χ0n) is 11.7. The molecule has 2 aliphatic rings. The van der Waals surface area contributed by atoms with Gasteiger partial charge in [-0.1, -0.05) is 44.9 Å². The molecule has 1 N–H and O–H groups in total. The molecule has 98 valence electrons. The molecule has 1 saturated carbocycles. The number of nitrogens with one attached hydrogen (secondary N) is 1. The largest absolute Gasteiger partial charge is 0.312 e. The van der Waals surface area contributed by atoms with Gasteiger partial charge >= 0.3 is 0 Å². The van der Waals surface area contributed by atoms with Crippen molar-refractivity contribution in [1.29, 1.82) is 0 Å². The van der Waals surface area contributed by atoms with E-state index in [4.69, 9.17) is 0 Å². The van der Waals surface area contributed by atoms with Crippen molar-refractivity contribution in [2.45, 2.75) is 57.9 Å². The molecule has 0 saturated heterocycles. The van der Waals surface area contributed by atoms with Crippen LogP contribution in [0.4, 0.5) is 0 Å². The molecule has 1 unspecified atom stereocenters. The van der Waals surface area contributed by atoms with Gasteiger partial charge in [-0.2, -0.15) is 0 Å². The van der Waals surface area contributed by atoms with Gasteiger partial charge in [-0.3, -0.25) is 0 Å². The zero-order valence-corrected chi connectivity index (χ0v) is 11.7. The maximum atomic E-state index is 3.63. The molecule has 3 rings (SSSR count). The Morgan fingerprint density at radius 1 is 1.17 bits per heavy atom. The van der Waals surface area contributed by atoms with Crippen LogP contribution in [0.25, 0.3) is 0 Å². The summed E-state index contributed by atoms with van der Waals surface area (Å²) in [6.45, 7) is 6.83. The molecular formula is C17H25N. The van der Waals surface area contributed by atoms with Crippen LogP contribution < -0.4 is 5.32 Å². The summed E-state index contributed by atoms with van der Waals surface area (Å²) in [5, 5.41) is 3.63. The summed E-state index contributed by atoms with van der Waals surface area (Å²) in [6.07, 6.45) is 5.77. The first-order chi connectivity index (χ1) is 8.75. The average Bonchev–Trinajstić information content (AvgIpc) is 2.91. The van der Waals surface area contributed by atoms with E-state index in [0.717, 1.165) is 18.4 Å². The predicted molar refractivity (Wildman–Crippen MR) is 76.9 cm³/mol. The third-order valence-electron chi connectivity index (χ3n) is 4.88. The molecule has 1 atom stereocenters. The summed E-state index contributed by atoms with van der Waals surface area (Å²) in [5.74, 6) is 2.35. The van der Waals surface area contributed by atoms with Gasteiger partial charge in [-0.15, -0.1) is 0 Å². The van der Waals surface area contributed by atoms with Crippen LogP contribution in [-0.2, 0) is 6.54 Å². The van der Waals surface area contributed by atoms with Gasteiger partial charge in [-0.05, 0) is 47.3 Å². The maximum absolute atomic E-state index is 3.63. The zero-order chi connectivity index (χ0) is 12.5. The summed E-state index contributed by atoms with van der Waals surface area (Å²) in [4.78, 5) is 0. The molecule has 1 nitrogen and oxygen atoms in total. The SMILES string of the molecule is CC(C)c1ccc2c(c1)CNCC2C1CCCC1. The van der Waals surface area contributed by atoms with Gasteiger partial charge in [0, 0.05) is 13.1 Å². The van der Waals surface area contributed by atoms with Gasteiger partial charge in [0.2, 0.25) is 0 Å². The number of fused-ring (bicyclic) bond motifs is 1. The standard InChI is InChI=1S/C17H25N/c1-12(2)14-7-8-16-15(9-14)10-18-11-17(16)13-5-3-4-6-13/h7-9,12-13,17-18H,3-6,10-11H2,1-2H3. The van der Waals surface area contributed by atoms with Crippen LogP contribution in [0.3, 0.4) is 0 Å². The minimum absolute atomic E-state index is 0.641. The number of hydrogen-bond acceptors (Lipinski definition) is 1. The number of rotatable bonds is 2. The van der Waals surface area contributed by atoms with Crippen molar-refractivity contribution in [3.8, 4) is 0 Å². The molecule has 1 aromatic carbocycles. The summed E-state index contributed by atoms with van der Waals surface area (Å²) in [7, 11) is 0. The Hall–Kier alpha value is -0.820. The first-order valence-electron chi connectivity index (χ1n) is 7.59. The van der Waals surface area contributed by atoms with Gasteiger partial charge in [-0.25, -0.2) is 0 Å². The quantitative estimate of drug-likeness (QED) is 0.821. The molecule has 0 bridgehead atoms. The van der Waals surface area contributed by atoms with Crippen LogP contribution >= 0.6 is 0 Å². The van der Waals surface area contributed by atoms with Gasteiger partial charge in [0.05, 0.1) is 0 Å². The Labute approximate surface area is 111 Å². The van der Waals surface area contributed by atoms with Crippen LogP contribution in [-0.4, -0.2) is 6.54 Å². The van der Waals surface area contributed by atoms with Crippen LogP contribution in [0, 0.1) is 5.92 Å². The van der Waals surface area contributed by atoms with E-state index in [2.05, 4.69) is 37.4 Å². The van der Waals surface area contributed by atoms with E-state index in [0.29, 0.717) is 5.92 Å². The van der Waals surface area contributed by atoms with Crippen molar-refractivity contribution >= 4 is 0 Å². The van der Waals surface area contributed by atoms with Crippen molar-refractivity contribution in [3.63, 3.8) is 0 Å². The van der Waals surface area contributed by atoms with Gasteiger partial charge in [0.25, 0.3) is 0 Å². The first kappa shape index (κ1) is 12.2. The summed E-state index contributed by atoms with van der Waals surface area (Å²) in [6, 6.07) is 7.22. The highest BCUT2D eigenvalue weighted by molar-refractivity contribution is 5.38. The Morgan fingerprint density at radius 2 is 1.94 bits per heavy atom. The van der Waals surface area contributed by atoms with Gasteiger partial charge in [0.1, 0.15) is 0 Å². The topological polar surface area (TPSA) is 12.0 Å². The normalized spacial score (nSPS) is 24.5. The van der Waals surface area contributed by atoms with Crippen molar-refractivity contribution in [1.82, 2.24) is 5.32 Å². The van der Waals surface area contributed by atoms with E-state index in [1.54, 1.807) is 11.1 Å². The lowest BCUT2D eigenvalue weighted by atomic mass is 9.79. The minimum atomic E-state index is 0.641. The highest BCUT2D eigenvalue weighted by Gasteiger charge is 2.29. The monoisotopic (exact) mass is 243 g/mol. The van der Waals surface area contributed by atoms with E-state index in [-0.39, 0.29) is 0 Å². The lowest BCUT2D eigenvalue weighted by Crippen LogP contribution is -2.31. The molecule has 1 fully saturated rings. The summed E-state index contributed by atoms with van der Waals surface area (Å²) < 4.78 is 0. The molecule has 1 heterocycles. The Balaban J connectivity index is 1.90. The molecule has 0 aromatic heterocycles. The van der Waals surface area contributed by atoms with Gasteiger partial charge in [0.15, 0.2) is 0 Å². The fourth-order valence-corrected chi connectivity index (χ4v) is 3.75. The van der Waals surface area contributed by atoms with Gasteiger partial charge < -0.3 is 5.32 Å². The second-order valence-electron chi connectivity index (χ2n) is 6.39. The molecule has 1 aliphatic carbocycles. The highest BCUT2D eigenvalue weighted by Crippen LogP contribution is 2.40. The van der Waals surface area contributed by atoms with Crippen molar-refractivity contribution < 1.29 is 0 Å². The molecule has 0 amide bonds. The lowest BCUT2D eigenvalue weighted by molar-refractivity contribution is 0.391. The molecule has 0 spiro atoms. The molecular weight excluding hydrogens is 218 g/mol. The molecule has 1 heteroatoms. The molecule has 18 heavy (non-hydrogen) atoms. The Morgan fingerprint density at radius 3 is 2.67 bits per heavy atom. The number of hydrogen-bond donors (Lipinski definition) is 1. The van der Waals surface area contributed by atoms with Crippen LogP contribution in [0.2, 0.25) is 0 Å². The number of benzene rings is 1. The predicted octanol–water partition coefficient (Wildman–Crippen LogP) is 4.19. The second kappa shape index (κ2) is 5.05. The maximum Gasteiger partial charge on any atom is 0.0208 e. The lowest BCUT2D eigenvalue weighted by Gasteiger charge is -2.31. The summed E-state index contributed by atoms with van der Waals surface area (Å²) >= 11 is 0. The molecule has 1 aromatic rings. The Kier molecular flexibility index (Phi) is 3.43. The van der Waals surface area contributed by atoms with E-state index in [1.165, 1.54) is 37.8 Å².